The molecule has 0 aliphatic heterocycles. The molecule has 0 bridgehead atoms. The van der Waals surface area contributed by atoms with Gasteiger partial charge < -0.3 is 4.74 Å². The predicted molar refractivity (Wildman–Crippen MR) is 86.4 cm³/mol. The lowest BCUT2D eigenvalue weighted by molar-refractivity contribution is -0.385. The number of hydrogen-bond acceptors (Lipinski definition) is 5. The van der Waals surface area contributed by atoms with Crippen LogP contribution in [-0.4, -0.2) is 20.5 Å². The van der Waals surface area contributed by atoms with Gasteiger partial charge in [0.05, 0.1) is 23.3 Å². The van der Waals surface area contributed by atoms with Gasteiger partial charge in [0.1, 0.15) is 10.6 Å². The van der Waals surface area contributed by atoms with Crippen molar-refractivity contribution in [3.8, 4) is 5.75 Å². The molecule has 0 fully saturated rings. The summed E-state index contributed by atoms with van der Waals surface area (Å²) in [6, 6.07) is 8.99. The van der Waals surface area contributed by atoms with Gasteiger partial charge >= 0.3 is 0 Å². The molecule has 0 atom stereocenters. The first kappa shape index (κ1) is 16.8. The number of nitrogens with one attached hydrogen (secondary N) is 1. The monoisotopic (exact) mass is 336 g/mol. The minimum absolute atomic E-state index is 0.0223. The quantitative estimate of drug-likeness (QED) is 0.668. The van der Waals surface area contributed by atoms with E-state index in [2.05, 4.69) is 4.72 Å². The first-order chi connectivity index (χ1) is 10.8. The van der Waals surface area contributed by atoms with Gasteiger partial charge in [-0.2, -0.15) is 0 Å². The molecule has 8 heteroatoms. The Morgan fingerprint density at radius 3 is 2.48 bits per heavy atom. The van der Waals surface area contributed by atoms with Crippen molar-refractivity contribution >= 4 is 21.4 Å². The van der Waals surface area contributed by atoms with Gasteiger partial charge in [-0.1, -0.05) is 12.1 Å². The fourth-order valence-electron chi connectivity index (χ4n) is 2.13. The van der Waals surface area contributed by atoms with E-state index in [1.165, 1.54) is 38.3 Å². The fraction of sp³-hybridized carbons (Fsp3) is 0.200. The molecule has 0 saturated heterocycles. The molecule has 0 amide bonds. The third kappa shape index (κ3) is 3.42. The SMILES string of the molecule is COc1ccc(C)cc1S(=O)(=O)Nc1cccc([N+](=O)[O-])c1C. The number of benzene rings is 2. The Balaban J connectivity index is 2.50. The van der Waals surface area contributed by atoms with E-state index in [-0.39, 0.29) is 27.6 Å². The molecule has 1 N–H and O–H groups in total. The molecule has 0 heterocycles. The number of nitro groups is 1. The number of aryl methyl sites for hydroxylation is 1. The number of hydrogen-bond donors (Lipinski definition) is 1. The molecule has 0 saturated carbocycles. The van der Waals surface area contributed by atoms with Gasteiger partial charge in [-0.25, -0.2) is 8.42 Å². The Morgan fingerprint density at radius 1 is 1.17 bits per heavy atom. The molecule has 0 aliphatic carbocycles. The Kier molecular flexibility index (Phi) is 4.55. The maximum atomic E-state index is 12.6. The summed E-state index contributed by atoms with van der Waals surface area (Å²) < 4.78 is 32.7. The van der Waals surface area contributed by atoms with Gasteiger partial charge in [-0.3, -0.25) is 14.8 Å². The molecular weight excluding hydrogens is 320 g/mol. The molecule has 0 spiro atoms. The Labute approximate surface area is 134 Å². The van der Waals surface area contributed by atoms with Crippen LogP contribution in [0.15, 0.2) is 41.3 Å². The number of nitro benzene ring substituents is 1. The second-order valence-corrected chi connectivity index (χ2v) is 6.62. The number of methoxy groups -OCH3 is 1. The summed E-state index contributed by atoms with van der Waals surface area (Å²) in [6.45, 7) is 3.25. The fourth-order valence-corrected chi connectivity index (χ4v) is 3.50. The predicted octanol–water partition coefficient (Wildman–Crippen LogP) is 3.02. The van der Waals surface area contributed by atoms with Crippen LogP contribution < -0.4 is 9.46 Å². The summed E-state index contributed by atoms with van der Waals surface area (Å²) in [4.78, 5) is 10.4. The van der Waals surface area contributed by atoms with E-state index < -0.39 is 14.9 Å². The first-order valence-electron chi connectivity index (χ1n) is 6.67. The molecule has 2 aromatic carbocycles. The Bertz CT molecular complexity index is 862. The highest BCUT2D eigenvalue weighted by Gasteiger charge is 2.22. The molecule has 0 radical (unpaired) electrons. The smallest absolute Gasteiger partial charge is 0.274 e. The van der Waals surface area contributed by atoms with Crippen LogP contribution in [0.2, 0.25) is 0 Å². The van der Waals surface area contributed by atoms with Crippen molar-refractivity contribution in [1.29, 1.82) is 0 Å². The maximum absolute atomic E-state index is 12.6. The van der Waals surface area contributed by atoms with E-state index in [1.807, 2.05) is 0 Å². The van der Waals surface area contributed by atoms with Crippen molar-refractivity contribution < 1.29 is 18.1 Å². The Hall–Kier alpha value is -2.61. The number of anilines is 1. The van der Waals surface area contributed by atoms with Crippen LogP contribution in [0.5, 0.6) is 5.75 Å². The zero-order chi connectivity index (χ0) is 17.2. The van der Waals surface area contributed by atoms with Crippen molar-refractivity contribution in [3.05, 3.63) is 57.6 Å². The molecule has 0 unspecified atom stereocenters. The van der Waals surface area contributed by atoms with Crippen molar-refractivity contribution in [1.82, 2.24) is 0 Å². The van der Waals surface area contributed by atoms with Crippen molar-refractivity contribution in [2.45, 2.75) is 18.7 Å². The lowest BCUT2D eigenvalue weighted by Gasteiger charge is -2.13. The minimum Gasteiger partial charge on any atom is -0.495 e. The standard InChI is InChI=1S/C15H16N2O5S/c1-10-7-8-14(22-3)15(9-10)23(20,21)16-12-5-4-6-13(11(12)2)17(18)19/h4-9,16H,1-3H3. The van der Waals surface area contributed by atoms with E-state index >= 15 is 0 Å². The van der Waals surface area contributed by atoms with Gasteiger partial charge in [-0.15, -0.1) is 0 Å². The van der Waals surface area contributed by atoms with Gasteiger partial charge in [0.2, 0.25) is 0 Å². The summed E-state index contributed by atoms with van der Waals surface area (Å²) in [6.07, 6.45) is 0. The van der Waals surface area contributed by atoms with Gasteiger partial charge in [-0.05, 0) is 37.6 Å². The van der Waals surface area contributed by atoms with E-state index in [1.54, 1.807) is 19.1 Å². The van der Waals surface area contributed by atoms with Crippen LogP contribution in [0.25, 0.3) is 0 Å². The number of ether oxygens (including phenoxy) is 1. The Morgan fingerprint density at radius 2 is 1.87 bits per heavy atom. The summed E-state index contributed by atoms with van der Waals surface area (Å²) >= 11 is 0. The molecule has 7 nitrogen and oxygen atoms in total. The van der Waals surface area contributed by atoms with E-state index in [0.717, 1.165) is 5.56 Å². The zero-order valence-corrected chi connectivity index (χ0v) is 13.7. The first-order valence-corrected chi connectivity index (χ1v) is 8.16. The summed E-state index contributed by atoms with van der Waals surface area (Å²) in [5, 5.41) is 11.0. The minimum atomic E-state index is -3.94. The number of sulfonamides is 1. The van der Waals surface area contributed by atoms with Crippen LogP contribution in [0.4, 0.5) is 11.4 Å². The molecule has 122 valence electrons. The normalized spacial score (nSPS) is 11.1. The maximum Gasteiger partial charge on any atom is 0.274 e. The van der Waals surface area contributed by atoms with E-state index in [0.29, 0.717) is 0 Å². The third-order valence-electron chi connectivity index (χ3n) is 3.35. The highest BCUT2D eigenvalue weighted by atomic mass is 32.2. The molecule has 2 rings (SSSR count). The third-order valence-corrected chi connectivity index (χ3v) is 4.74. The van der Waals surface area contributed by atoms with Crippen molar-refractivity contribution in [2.75, 3.05) is 11.8 Å². The van der Waals surface area contributed by atoms with Gasteiger partial charge in [0.25, 0.3) is 15.7 Å². The summed E-state index contributed by atoms with van der Waals surface area (Å²) in [7, 11) is -2.56. The molecule has 0 aliphatic rings. The van der Waals surface area contributed by atoms with Crippen LogP contribution >= 0.6 is 0 Å². The topological polar surface area (TPSA) is 98.5 Å². The van der Waals surface area contributed by atoms with Crippen LogP contribution in [0.1, 0.15) is 11.1 Å². The average Bonchev–Trinajstić information content (AvgIpc) is 2.49. The van der Waals surface area contributed by atoms with Crippen molar-refractivity contribution in [2.24, 2.45) is 0 Å². The van der Waals surface area contributed by atoms with Crippen LogP contribution in [0, 0.1) is 24.0 Å². The molecule has 23 heavy (non-hydrogen) atoms. The summed E-state index contributed by atoms with van der Waals surface area (Å²) in [5.41, 5.74) is 0.999. The molecule has 2 aromatic rings. The average molecular weight is 336 g/mol. The second kappa shape index (κ2) is 6.25. The van der Waals surface area contributed by atoms with Gasteiger partial charge in [0, 0.05) is 6.07 Å². The zero-order valence-electron chi connectivity index (χ0n) is 12.9. The van der Waals surface area contributed by atoms with Crippen LogP contribution in [-0.2, 0) is 10.0 Å². The largest absolute Gasteiger partial charge is 0.495 e. The molecular formula is C15H16N2O5S. The number of nitrogens with zero attached hydrogens (tertiary/aromatic N) is 1. The highest BCUT2D eigenvalue weighted by Crippen LogP contribution is 2.30. The second-order valence-electron chi connectivity index (χ2n) is 4.97. The summed E-state index contributed by atoms with van der Waals surface area (Å²) in [5.74, 6) is 0.200. The highest BCUT2D eigenvalue weighted by molar-refractivity contribution is 7.92. The van der Waals surface area contributed by atoms with Crippen molar-refractivity contribution in [3.63, 3.8) is 0 Å². The lowest BCUT2D eigenvalue weighted by Crippen LogP contribution is -2.15. The van der Waals surface area contributed by atoms with Crippen LogP contribution in [0.3, 0.4) is 0 Å². The van der Waals surface area contributed by atoms with E-state index in [9.17, 15) is 18.5 Å². The molecule has 0 aromatic heterocycles. The lowest BCUT2D eigenvalue weighted by atomic mass is 10.2. The van der Waals surface area contributed by atoms with E-state index in [4.69, 9.17) is 4.74 Å². The van der Waals surface area contributed by atoms with Gasteiger partial charge in [0.15, 0.2) is 0 Å². The number of rotatable bonds is 5.